The third kappa shape index (κ3) is 3.20. The van der Waals surface area contributed by atoms with Crippen LogP contribution in [0.3, 0.4) is 0 Å². The summed E-state index contributed by atoms with van der Waals surface area (Å²) >= 11 is 1.66. The van der Waals surface area contributed by atoms with E-state index in [1.54, 1.807) is 11.3 Å². The Morgan fingerprint density at radius 3 is 3.18 bits per heavy atom. The van der Waals surface area contributed by atoms with Crippen LogP contribution in [0.1, 0.15) is 24.8 Å². The first-order valence-electron chi connectivity index (χ1n) is 5.87. The maximum atomic E-state index is 12.0. The molecule has 2 heterocycles. The molecular weight excluding hydrogens is 236 g/mol. The van der Waals surface area contributed by atoms with Crippen molar-refractivity contribution >= 4 is 17.4 Å². The summed E-state index contributed by atoms with van der Waals surface area (Å²) in [5.74, 6) is 0. The number of urea groups is 1. The van der Waals surface area contributed by atoms with Gasteiger partial charge in [0.15, 0.2) is 0 Å². The Labute approximate surface area is 106 Å². The van der Waals surface area contributed by atoms with E-state index in [-0.39, 0.29) is 18.2 Å². The molecule has 2 amide bonds. The Morgan fingerprint density at radius 2 is 2.53 bits per heavy atom. The van der Waals surface area contributed by atoms with E-state index in [2.05, 4.69) is 5.32 Å². The summed E-state index contributed by atoms with van der Waals surface area (Å²) in [4.78, 5) is 15.0. The minimum absolute atomic E-state index is 0.000972. The summed E-state index contributed by atoms with van der Waals surface area (Å²) in [6.45, 7) is 5.97. The van der Waals surface area contributed by atoms with Crippen LogP contribution in [0, 0.1) is 0 Å². The van der Waals surface area contributed by atoms with Crippen molar-refractivity contribution in [3.05, 3.63) is 22.4 Å². The van der Waals surface area contributed by atoms with E-state index in [0.29, 0.717) is 19.7 Å². The van der Waals surface area contributed by atoms with Gasteiger partial charge >= 0.3 is 6.03 Å². The van der Waals surface area contributed by atoms with Crippen LogP contribution < -0.4 is 5.32 Å². The average Bonchev–Trinajstić information content (AvgIpc) is 2.82. The summed E-state index contributed by atoms with van der Waals surface area (Å²) in [6.07, 6.45) is 0.131. The molecule has 2 atom stereocenters. The molecule has 0 aromatic carbocycles. The molecule has 5 heteroatoms. The van der Waals surface area contributed by atoms with E-state index in [4.69, 9.17) is 4.74 Å². The topological polar surface area (TPSA) is 41.6 Å². The number of morpholine rings is 1. The Hall–Kier alpha value is -1.07. The van der Waals surface area contributed by atoms with Gasteiger partial charge in [-0.05, 0) is 25.3 Å². The highest BCUT2D eigenvalue weighted by Crippen LogP contribution is 2.18. The van der Waals surface area contributed by atoms with E-state index in [9.17, 15) is 4.79 Å². The predicted octanol–water partition coefficient (Wildman–Crippen LogP) is 2.24. The lowest BCUT2D eigenvalue weighted by molar-refractivity contribution is -0.00379. The summed E-state index contributed by atoms with van der Waals surface area (Å²) in [6, 6.07) is 4.11. The lowest BCUT2D eigenvalue weighted by atomic mass is 10.2. The second-order valence-corrected chi connectivity index (χ2v) is 5.29. The number of carbonyl (C=O) groups is 1. The molecule has 2 rings (SSSR count). The molecule has 94 valence electrons. The zero-order chi connectivity index (χ0) is 12.3. The molecule has 0 saturated carbocycles. The van der Waals surface area contributed by atoms with Crippen molar-refractivity contribution < 1.29 is 9.53 Å². The van der Waals surface area contributed by atoms with Gasteiger partial charge in [0.2, 0.25) is 0 Å². The van der Waals surface area contributed by atoms with Crippen molar-refractivity contribution in [1.82, 2.24) is 10.2 Å². The first-order chi connectivity index (χ1) is 8.16. The molecule has 0 spiro atoms. The molecule has 0 unspecified atom stereocenters. The number of rotatable bonds is 2. The van der Waals surface area contributed by atoms with E-state index in [1.807, 2.05) is 36.3 Å². The highest BCUT2D eigenvalue weighted by molar-refractivity contribution is 7.10. The molecule has 1 aromatic rings. The van der Waals surface area contributed by atoms with Crippen LogP contribution in [0.25, 0.3) is 0 Å². The van der Waals surface area contributed by atoms with E-state index < -0.39 is 0 Å². The van der Waals surface area contributed by atoms with Crippen LogP contribution >= 0.6 is 11.3 Å². The van der Waals surface area contributed by atoms with E-state index in [1.165, 1.54) is 4.88 Å². The minimum Gasteiger partial charge on any atom is -0.375 e. The molecule has 1 aliphatic rings. The van der Waals surface area contributed by atoms with Gasteiger partial charge in [0, 0.05) is 18.0 Å². The molecule has 0 aliphatic carbocycles. The monoisotopic (exact) mass is 254 g/mol. The Morgan fingerprint density at radius 1 is 1.71 bits per heavy atom. The Balaban J connectivity index is 1.88. The number of amides is 2. The smallest absolute Gasteiger partial charge is 0.318 e. The average molecular weight is 254 g/mol. The zero-order valence-electron chi connectivity index (χ0n) is 10.2. The molecule has 4 nitrogen and oxygen atoms in total. The van der Waals surface area contributed by atoms with Gasteiger partial charge in [0.25, 0.3) is 0 Å². The van der Waals surface area contributed by atoms with Gasteiger partial charge in [-0.2, -0.15) is 0 Å². The van der Waals surface area contributed by atoms with Gasteiger partial charge in [0.1, 0.15) is 0 Å². The van der Waals surface area contributed by atoms with Gasteiger partial charge in [0.05, 0.1) is 18.8 Å². The highest BCUT2D eigenvalue weighted by atomic mass is 32.1. The zero-order valence-corrected chi connectivity index (χ0v) is 11.0. The standard InChI is InChI=1S/C12H18N2O2S/c1-9-8-14(5-6-16-9)12(15)13-10(2)11-4-3-7-17-11/h3-4,7,9-10H,5-6,8H2,1-2H3,(H,13,15)/t9-,10-/m1/s1. The SMILES string of the molecule is C[C@@H]1CN(C(=O)N[C@H](C)c2cccs2)CCO1. The second kappa shape index (κ2) is 5.51. The number of carbonyl (C=O) groups excluding carboxylic acids is 1. The molecule has 1 fully saturated rings. The number of hydrogen-bond donors (Lipinski definition) is 1. The van der Waals surface area contributed by atoms with Crippen LogP contribution in [0.4, 0.5) is 4.79 Å². The van der Waals surface area contributed by atoms with Gasteiger partial charge in [-0.1, -0.05) is 6.07 Å². The van der Waals surface area contributed by atoms with Crippen molar-refractivity contribution in [1.29, 1.82) is 0 Å². The lowest BCUT2D eigenvalue weighted by Crippen LogP contribution is -2.49. The van der Waals surface area contributed by atoms with Gasteiger partial charge in [-0.15, -0.1) is 11.3 Å². The number of nitrogens with one attached hydrogen (secondary N) is 1. The number of hydrogen-bond acceptors (Lipinski definition) is 3. The van der Waals surface area contributed by atoms with Crippen LogP contribution in [0.2, 0.25) is 0 Å². The van der Waals surface area contributed by atoms with Gasteiger partial charge in [-0.3, -0.25) is 0 Å². The normalized spacial score (nSPS) is 22.2. The summed E-state index contributed by atoms with van der Waals surface area (Å²) in [5, 5.41) is 5.04. The Kier molecular flexibility index (Phi) is 4.02. The van der Waals surface area contributed by atoms with Crippen molar-refractivity contribution in [2.45, 2.75) is 26.0 Å². The van der Waals surface area contributed by atoms with Crippen LogP contribution in [0.15, 0.2) is 17.5 Å². The van der Waals surface area contributed by atoms with Crippen molar-refractivity contribution in [3.63, 3.8) is 0 Å². The van der Waals surface area contributed by atoms with Crippen molar-refractivity contribution in [3.8, 4) is 0 Å². The highest BCUT2D eigenvalue weighted by Gasteiger charge is 2.22. The van der Waals surface area contributed by atoms with Gasteiger partial charge in [-0.25, -0.2) is 4.79 Å². The fraction of sp³-hybridized carbons (Fsp3) is 0.583. The van der Waals surface area contributed by atoms with Crippen LogP contribution in [-0.4, -0.2) is 36.7 Å². The molecule has 1 aromatic heterocycles. The van der Waals surface area contributed by atoms with Crippen molar-refractivity contribution in [2.75, 3.05) is 19.7 Å². The molecule has 17 heavy (non-hydrogen) atoms. The predicted molar refractivity (Wildman–Crippen MR) is 68.3 cm³/mol. The number of thiophene rings is 1. The largest absolute Gasteiger partial charge is 0.375 e. The molecular formula is C12H18N2O2S. The number of ether oxygens (including phenoxy) is 1. The fourth-order valence-corrected chi connectivity index (χ4v) is 2.62. The first-order valence-corrected chi connectivity index (χ1v) is 6.75. The third-order valence-corrected chi connectivity index (χ3v) is 3.89. The quantitative estimate of drug-likeness (QED) is 0.879. The number of nitrogens with zero attached hydrogens (tertiary/aromatic N) is 1. The van der Waals surface area contributed by atoms with Gasteiger partial charge < -0.3 is 15.0 Å². The van der Waals surface area contributed by atoms with E-state index in [0.717, 1.165) is 0 Å². The molecule has 1 saturated heterocycles. The second-order valence-electron chi connectivity index (χ2n) is 4.31. The van der Waals surface area contributed by atoms with E-state index >= 15 is 0 Å². The Bertz CT molecular complexity index is 367. The maximum Gasteiger partial charge on any atom is 0.318 e. The van der Waals surface area contributed by atoms with Crippen LogP contribution in [-0.2, 0) is 4.74 Å². The minimum atomic E-state index is 0.000972. The molecule has 1 aliphatic heterocycles. The summed E-state index contributed by atoms with van der Waals surface area (Å²) < 4.78 is 5.42. The molecule has 0 bridgehead atoms. The lowest BCUT2D eigenvalue weighted by Gasteiger charge is -2.32. The third-order valence-electron chi connectivity index (χ3n) is 2.84. The molecule has 1 N–H and O–H groups in total. The summed E-state index contributed by atoms with van der Waals surface area (Å²) in [7, 11) is 0. The summed E-state index contributed by atoms with van der Waals surface area (Å²) in [5.41, 5.74) is 0. The first kappa shape index (κ1) is 12.4. The maximum absolute atomic E-state index is 12.0. The van der Waals surface area contributed by atoms with Crippen molar-refractivity contribution in [2.24, 2.45) is 0 Å². The molecule has 0 radical (unpaired) electrons. The van der Waals surface area contributed by atoms with Crippen LogP contribution in [0.5, 0.6) is 0 Å². The fourth-order valence-electron chi connectivity index (χ4n) is 1.89.